The molecule has 0 saturated heterocycles. The highest BCUT2D eigenvalue weighted by Gasteiger charge is 2.18. The molecule has 1 aromatic rings. The van der Waals surface area contributed by atoms with Crippen molar-refractivity contribution in [3.05, 3.63) is 41.5 Å². The Morgan fingerprint density at radius 1 is 1.15 bits per heavy atom. The van der Waals surface area contributed by atoms with Crippen LogP contribution in [0.5, 0.6) is 0 Å². The molecular formula is C19H29N. The molecule has 0 fully saturated rings. The van der Waals surface area contributed by atoms with Gasteiger partial charge in [-0.2, -0.15) is 0 Å². The predicted molar refractivity (Wildman–Crippen MR) is 89.3 cm³/mol. The molecule has 1 nitrogen and oxygen atoms in total. The molecule has 0 spiro atoms. The third-order valence-corrected chi connectivity index (χ3v) is 4.23. The van der Waals surface area contributed by atoms with E-state index in [0.717, 1.165) is 18.4 Å². The maximum Gasteiger partial charge on any atom is 0.0340 e. The molecule has 1 heteroatoms. The lowest BCUT2D eigenvalue weighted by Crippen LogP contribution is -2.20. The Balaban J connectivity index is 1.90. The standard InChI is InChI=1S/C19H29N/c1-14-10-15(2)12-16(11-14)13-20-18-8-6-17(7-9-18)19(3,4)5/h6-10,14,16,20H,11-13H2,1-5H3. The van der Waals surface area contributed by atoms with E-state index in [1.165, 1.54) is 24.1 Å². The molecule has 1 N–H and O–H groups in total. The van der Waals surface area contributed by atoms with Crippen molar-refractivity contribution in [2.45, 2.75) is 52.9 Å². The van der Waals surface area contributed by atoms with Crippen molar-refractivity contribution in [1.29, 1.82) is 0 Å². The normalized spacial score (nSPS) is 23.4. The van der Waals surface area contributed by atoms with E-state index in [9.17, 15) is 0 Å². The summed E-state index contributed by atoms with van der Waals surface area (Å²) in [5.41, 5.74) is 4.43. The molecule has 20 heavy (non-hydrogen) atoms. The second kappa shape index (κ2) is 6.03. The number of rotatable bonds is 3. The van der Waals surface area contributed by atoms with Crippen molar-refractivity contribution >= 4 is 5.69 Å². The third kappa shape index (κ3) is 4.13. The van der Waals surface area contributed by atoms with Gasteiger partial charge in [-0.15, -0.1) is 0 Å². The molecule has 2 atom stereocenters. The van der Waals surface area contributed by atoms with E-state index in [1.807, 2.05) is 0 Å². The number of benzene rings is 1. The Hall–Kier alpha value is -1.24. The van der Waals surface area contributed by atoms with Gasteiger partial charge in [0.15, 0.2) is 0 Å². The summed E-state index contributed by atoms with van der Waals surface area (Å²) in [6.45, 7) is 12.5. The second-order valence-electron chi connectivity index (χ2n) is 7.50. The predicted octanol–water partition coefficient (Wildman–Crippen LogP) is 5.39. The summed E-state index contributed by atoms with van der Waals surface area (Å²) in [6, 6.07) is 8.93. The van der Waals surface area contributed by atoms with Crippen LogP contribution in [0.1, 0.15) is 53.0 Å². The molecule has 1 aliphatic carbocycles. The smallest absolute Gasteiger partial charge is 0.0340 e. The SMILES string of the molecule is CC1=CC(C)CC(CNc2ccc(C(C)(C)C)cc2)C1. The summed E-state index contributed by atoms with van der Waals surface area (Å²) in [7, 11) is 0. The maximum absolute atomic E-state index is 3.61. The molecule has 1 aliphatic rings. The first-order chi connectivity index (χ1) is 9.34. The zero-order chi connectivity index (χ0) is 14.8. The Morgan fingerprint density at radius 3 is 2.35 bits per heavy atom. The molecule has 0 bridgehead atoms. The van der Waals surface area contributed by atoms with E-state index in [4.69, 9.17) is 0 Å². The van der Waals surface area contributed by atoms with E-state index in [-0.39, 0.29) is 5.41 Å². The van der Waals surface area contributed by atoms with E-state index in [1.54, 1.807) is 5.57 Å². The lowest BCUT2D eigenvalue weighted by atomic mass is 9.83. The van der Waals surface area contributed by atoms with Gasteiger partial charge in [-0.1, -0.05) is 51.5 Å². The quantitative estimate of drug-likeness (QED) is 0.727. The maximum atomic E-state index is 3.61. The van der Waals surface area contributed by atoms with Gasteiger partial charge in [-0.3, -0.25) is 0 Å². The molecule has 110 valence electrons. The zero-order valence-corrected chi connectivity index (χ0v) is 13.7. The highest BCUT2D eigenvalue weighted by molar-refractivity contribution is 5.45. The van der Waals surface area contributed by atoms with Gasteiger partial charge in [-0.05, 0) is 54.7 Å². The van der Waals surface area contributed by atoms with Crippen LogP contribution in [0.2, 0.25) is 0 Å². The summed E-state index contributed by atoms with van der Waals surface area (Å²) >= 11 is 0. The minimum Gasteiger partial charge on any atom is -0.385 e. The summed E-state index contributed by atoms with van der Waals surface area (Å²) in [4.78, 5) is 0. The Labute approximate surface area is 124 Å². The average molecular weight is 271 g/mol. The second-order valence-corrected chi connectivity index (χ2v) is 7.50. The lowest BCUT2D eigenvalue weighted by Gasteiger charge is -2.26. The first kappa shape index (κ1) is 15.2. The van der Waals surface area contributed by atoms with Gasteiger partial charge in [0, 0.05) is 12.2 Å². The molecule has 0 amide bonds. The summed E-state index contributed by atoms with van der Waals surface area (Å²) in [6.07, 6.45) is 4.98. The summed E-state index contributed by atoms with van der Waals surface area (Å²) in [5.74, 6) is 1.51. The Kier molecular flexibility index (Phi) is 4.57. The third-order valence-electron chi connectivity index (χ3n) is 4.23. The molecule has 0 radical (unpaired) electrons. The van der Waals surface area contributed by atoms with E-state index >= 15 is 0 Å². The number of anilines is 1. The van der Waals surface area contributed by atoms with Crippen LogP contribution in [-0.2, 0) is 5.41 Å². The fraction of sp³-hybridized carbons (Fsp3) is 0.579. The topological polar surface area (TPSA) is 12.0 Å². The molecule has 0 aromatic heterocycles. The van der Waals surface area contributed by atoms with Crippen LogP contribution in [0.4, 0.5) is 5.69 Å². The van der Waals surface area contributed by atoms with E-state index in [2.05, 4.69) is 70.3 Å². The van der Waals surface area contributed by atoms with Crippen molar-refractivity contribution in [2.24, 2.45) is 11.8 Å². The summed E-state index contributed by atoms with van der Waals surface area (Å²) < 4.78 is 0. The Bertz CT molecular complexity index is 462. The molecule has 0 heterocycles. The van der Waals surface area contributed by atoms with Gasteiger partial charge in [0.25, 0.3) is 0 Å². The molecule has 0 aliphatic heterocycles. The first-order valence-electron chi connectivity index (χ1n) is 7.86. The molecule has 0 saturated carbocycles. The van der Waals surface area contributed by atoms with Crippen molar-refractivity contribution in [1.82, 2.24) is 0 Å². The van der Waals surface area contributed by atoms with E-state index in [0.29, 0.717) is 0 Å². The van der Waals surface area contributed by atoms with Crippen LogP contribution in [0.15, 0.2) is 35.9 Å². The van der Waals surface area contributed by atoms with Crippen LogP contribution in [0.3, 0.4) is 0 Å². The zero-order valence-electron chi connectivity index (χ0n) is 13.7. The van der Waals surface area contributed by atoms with Crippen LogP contribution in [-0.4, -0.2) is 6.54 Å². The minimum atomic E-state index is 0.235. The molecule has 2 rings (SSSR count). The van der Waals surface area contributed by atoms with Crippen molar-refractivity contribution < 1.29 is 0 Å². The number of allylic oxidation sites excluding steroid dienone is 2. The molecule has 1 aromatic carbocycles. The van der Waals surface area contributed by atoms with Gasteiger partial charge in [0.1, 0.15) is 0 Å². The highest BCUT2D eigenvalue weighted by atomic mass is 14.9. The number of hydrogen-bond donors (Lipinski definition) is 1. The van der Waals surface area contributed by atoms with Crippen LogP contribution >= 0.6 is 0 Å². The fourth-order valence-electron chi connectivity index (χ4n) is 3.19. The monoisotopic (exact) mass is 271 g/mol. The van der Waals surface area contributed by atoms with E-state index < -0.39 is 0 Å². The first-order valence-corrected chi connectivity index (χ1v) is 7.86. The minimum absolute atomic E-state index is 0.235. The number of hydrogen-bond acceptors (Lipinski definition) is 1. The highest BCUT2D eigenvalue weighted by Crippen LogP contribution is 2.28. The van der Waals surface area contributed by atoms with Gasteiger partial charge in [0.2, 0.25) is 0 Å². The van der Waals surface area contributed by atoms with Crippen molar-refractivity contribution in [3.8, 4) is 0 Å². The van der Waals surface area contributed by atoms with Crippen LogP contribution < -0.4 is 5.32 Å². The lowest BCUT2D eigenvalue weighted by molar-refractivity contribution is 0.421. The van der Waals surface area contributed by atoms with Gasteiger partial charge in [-0.25, -0.2) is 0 Å². The van der Waals surface area contributed by atoms with Crippen LogP contribution in [0, 0.1) is 11.8 Å². The molecular weight excluding hydrogens is 242 g/mol. The van der Waals surface area contributed by atoms with Gasteiger partial charge >= 0.3 is 0 Å². The number of nitrogens with one attached hydrogen (secondary N) is 1. The van der Waals surface area contributed by atoms with Crippen molar-refractivity contribution in [3.63, 3.8) is 0 Å². The average Bonchev–Trinajstić information content (AvgIpc) is 2.35. The Morgan fingerprint density at radius 2 is 1.80 bits per heavy atom. The fourth-order valence-corrected chi connectivity index (χ4v) is 3.19. The van der Waals surface area contributed by atoms with Crippen LogP contribution in [0.25, 0.3) is 0 Å². The van der Waals surface area contributed by atoms with Crippen molar-refractivity contribution in [2.75, 3.05) is 11.9 Å². The largest absolute Gasteiger partial charge is 0.385 e. The summed E-state index contributed by atoms with van der Waals surface area (Å²) in [5, 5.41) is 3.61. The van der Waals surface area contributed by atoms with Gasteiger partial charge < -0.3 is 5.32 Å². The van der Waals surface area contributed by atoms with Gasteiger partial charge in [0.05, 0.1) is 0 Å². The molecule has 2 unspecified atom stereocenters.